The summed E-state index contributed by atoms with van der Waals surface area (Å²) in [6.07, 6.45) is 1.96. The Hall–Kier alpha value is -4.12. The first-order valence-corrected chi connectivity index (χ1v) is 18.4. The number of anilines is 1. The van der Waals surface area contributed by atoms with Crippen molar-refractivity contribution in [2.24, 2.45) is 17.4 Å². The fourth-order valence-corrected chi connectivity index (χ4v) is 6.88. The smallest absolute Gasteiger partial charge is 0.329 e. The van der Waals surface area contributed by atoms with Crippen LogP contribution in [0.4, 0.5) is 5.82 Å². The van der Waals surface area contributed by atoms with Crippen LogP contribution in [-0.4, -0.2) is 53.7 Å². The van der Waals surface area contributed by atoms with Crippen molar-refractivity contribution >= 4 is 77.2 Å². The number of hydrogen-bond donors (Lipinski definition) is 4. The Labute approximate surface area is 334 Å². The number of ether oxygens (including phenoxy) is 2. The van der Waals surface area contributed by atoms with Crippen molar-refractivity contribution in [1.29, 1.82) is 10.5 Å². The van der Waals surface area contributed by atoms with Crippen molar-refractivity contribution in [3.63, 3.8) is 0 Å². The minimum atomic E-state index is -0.856. The maximum atomic E-state index is 12.8. The van der Waals surface area contributed by atoms with Crippen molar-refractivity contribution < 1.29 is 19.1 Å². The van der Waals surface area contributed by atoms with Gasteiger partial charge >= 0.3 is 5.97 Å². The van der Waals surface area contributed by atoms with E-state index in [1.807, 2.05) is 29.6 Å². The SMILES string of the molecule is CC(C)[C@H](NC(=O)[C@@H](N)CCCCN)C(=O)OCCOc1ccc(-c2c(C#N)c(N)nc(SCc3csc(-c4ccc(Cl)cc4)n3)c2C#N)cc1.Cl.Cl. The van der Waals surface area contributed by atoms with Crippen LogP contribution in [0.1, 0.15) is 49.9 Å². The molecule has 0 aliphatic rings. The summed E-state index contributed by atoms with van der Waals surface area (Å²) in [6, 6.07) is 16.9. The molecule has 0 fully saturated rings. The number of halogens is 3. The summed E-state index contributed by atoms with van der Waals surface area (Å²) in [5.41, 5.74) is 20.7. The summed E-state index contributed by atoms with van der Waals surface area (Å²) in [5.74, 6) is -0.296. The van der Waals surface area contributed by atoms with E-state index in [0.717, 1.165) is 29.1 Å². The Morgan fingerprint density at radius 3 is 2.26 bits per heavy atom. The van der Waals surface area contributed by atoms with Crippen LogP contribution < -0.4 is 27.3 Å². The molecule has 2 atom stereocenters. The molecule has 4 aromatic rings. The van der Waals surface area contributed by atoms with Crippen molar-refractivity contribution in [1.82, 2.24) is 15.3 Å². The van der Waals surface area contributed by atoms with E-state index in [-0.39, 0.29) is 60.9 Å². The molecule has 2 aromatic heterocycles. The van der Waals surface area contributed by atoms with E-state index in [9.17, 15) is 20.1 Å². The molecule has 0 radical (unpaired) electrons. The predicted octanol–water partition coefficient (Wildman–Crippen LogP) is 6.51. The van der Waals surface area contributed by atoms with Crippen LogP contribution in [0.15, 0.2) is 58.9 Å². The number of nitrogens with two attached hydrogens (primary N) is 3. The lowest BCUT2D eigenvalue weighted by Crippen LogP contribution is -2.51. The molecule has 4 rings (SSSR count). The van der Waals surface area contributed by atoms with E-state index in [1.165, 1.54) is 23.1 Å². The molecule has 1 amide bonds. The number of thiazole rings is 1. The van der Waals surface area contributed by atoms with Gasteiger partial charge < -0.3 is 32.0 Å². The van der Waals surface area contributed by atoms with Crippen molar-refractivity contribution in [3.05, 3.63) is 75.8 Å². The normalized spacial score (nSPS) is 11.6. The number of unbranched alkanes of at least 4 members (excludes halogenated alkanes) is 1. The van der Waals surface area contributed by atoms with E-state index >= 15 is 0 Å². The average Bonchev–Trinajstić information content (AvgIpc) is 3.60. The molecule has 2 aromatic carbocycles. The summed E-state index contributed by atoms with van der Waals surface area (Å²) in [7, 11) is 0. The number of nitrogen functional groups attached to an aromatic ring is 1. The Morgan fingerprint density at radius 2 is 1.64 bits per heavy atom. The second-order valence-corrected chi connectivity index (χ2v) is 14.0. The van der Waals surface area contributed by atoms with Crippen LogP contribution in [0, 0.1) is 28.6 Å². The monoisotopic (exact) mass is 818 g/mol. The van der Waals surface area contributed by atoms with Crippen LogP contribution in [0.25, 0.3) is 21.7 Å². The van der Waals surface area contributed by atoms with Gasteiger partial charge in [-0.3, -0.25) is 4.79 Å². The van der Waals surface area contributed by atoms with Gasteiger partial charge in [0.05, 0.1) is 17.3 Å². The third kappa shape index (κ3) is 12.5. The number of thioether (sulfide) groups is 1. The molecule has 0 saturated heterocycles. The lowest BCUT2D eigenvalue weighted by atomic mass is 9.97. The first kappa shape index (κ1) is 45.0. The van der Waals surface area contributed by atoms with Crippen LogP contribution in [0.2, 0.25) is 5.02 Å². The molecule has 2 heterocycles. The molecular weight excluding hydrogens is 779 g/mol. The van der Waals surface area contributed by atoms with E-state index in [1.54, 1.807) is 38.1 Å². The minimum Gasteiger partial charge on any atom is -0.490 e. The Bertz CT molecular complexity index is 1900. The van der Waals surface area contributed by atoms with Gasteiger partial charge in [-0.15, -0.1) is 36.2 Å². The van der Waals surface area contributed by atoms with E-state index in [0.29, 0.717) is 45.6 Å². The summed E-state index contributed by atoms with van der Waals surface area (Å²) in [5, 5.41) is 26.7. The molecule has 0 aliphatic heterocycles. The fraction of sp³-hybridized carbons (Fsp3) is 0.333. The minimum absolute atomic E-state index is 0. The Kier molecular flexibility index (Phi) is 18.8. The molecule has 7 N–H and O–H groups in total. The van der Waals surface area contributed by atoms with Gasteiger partial charge in [-0.05, 0) is 55.1 Å². The number of hydrogen-bond acceptors (Lipinski definition) is 13. The molecule has 0 saturated carbocycles. The Balaban J connectivity index is 0.00000486. The number of pyridine rings is 1. The van der Waals surface area contributed by atoms with E-state index < -0.39 is 24.0 Å². The quantitative estimate of drug-likeness (QED) is 0.0510. The third-order valence-electron chi connectivity index (χ3n) is 7.68. The second kappa shape index (κ2) is 22.2. The molecule has 53 heavy (non-hydrogen) atoms. The van der Waals surface area contributed by atoms with Crippen molar-refractivity contribution in [2.45, 2.75) is 56.0 Å². The van der Waals surface area contributed by atoms with E-state index in [2.05, 4.69) is 22.4 Å². The maximum Gasteiger partial charge on any atom is 0.329 e. The standard InChI is InChI=1S/C36H39ClN8O4S2.2ClH/c1-21(2)31(44-33(46)29(41)5-3-4-14-38)36(47)49-16-15-48-26-12-8-22(9-13-26)30-27(17-39)32(42)45-35(28(30)18-40)51-20-25-19-50-34(43-25)23-6-10-24(37)11-7-23;;/h6-13,19,21,29,31H,3-5,14-16,20,38,41H2,1-2H3,(H2,42,45)(H,44,46);2*1H/t29-,31-;;/m0../s1. The fourth-order valence-electron chi connectivity index (χ4n) is 4.94. The number of nitriles is 2. The summed E-state index contributed by atoms with van der Waals surface area (Å²) in [6.45, 7) is 4.12. The molecule has 0 unspecified atom stereocenters. The summed E-state index contributed by atoms with van der Waals surface area (Å²) >= 11 is 8.82. The largest absolute Gasteiger partial charge is 0.490 e. The highest BCUT2D eigenvalue weighted by Crippen LogP contribution is 2.37. The molecule has 0 aliphatic carbocycles. The third-order valence-corrected chi connectivity index (χ3v) is 9.88. The molecule has 0 bridgehead atoms. The highest BCUT2D eigenvalue weighted by atomic mass is 35.5. The topological polar surface area (TPSA) is 216 Å². The van der Waals surface area contributed by atoms with Gasteiger partial charge in [-0.25, -0.2) is 14.8 Å². The highest BCUT2D eigenvalue weighted by Gasteiger charge is 2.28. The molecule has 12 nitrogen and oxygen atoms in total. The van der Waals surface area contributed by atoms with Gasteiger partial charge in [0, 0.05) is 27.3 Å². The Morgan fingerprint density at radius 1 is 0.981 bits per heavy atom. The lowest BCUT2D eigenvalue weighted by Gasteiger charge is -2.22. The number of rotatable bonds is 17. The van der Waals surface area contributed by atoms with Gasteiger partial charge in [0.15, 0.2) is 0 Å². The van der Waals surface area contributed by atoms with E-state index in [4.69, 9.17) is 43.3 Å². The predicted molar refractivity (Wildman–Crippen MR) is 214 cm³/mol. The number of aromatic nitrogens is 2. The van der Waals surface area contributed by atoms with Gasteiger partial charge in [-0.2, -0.15) is 10.5 Å². The number of nitrogens with one attached hydrogen (secondary N) is 1. The van der Waals surface area contributed by atoms with Crippen LogP contribution in [-0.2, 0) is 20.1 Å². The van der Waals surface area contributed by atoms with Crippen molar-refractivity contribution in [3.8, 4) is 39.6 Å². The van der Waals surface area contributed by atoms with Crippen LogP contribution >= 0.6 is 59.5 Å². The second-order valence-electron chi connectivity index (χ2n) is 11.8. The molecule has 0 spiro atoms. The maximum absolute atomic E-state index is 12.8. The van der Waals surface area contributed by atoms with Gasteiger partial charge in [0.2, 0.25) is 5.91 Å². The highest BCUT2D eigenvalue weighted by molar-refractivity contribution is 7.98. The number of carbonyl (C=O) groups excluding carboxylic acids is 2. The number of esters is 1. The average molecular weight is 820 g/mol. The zero-order chi connectivity index (χ0) is 36.9. The number of carbonyl (C=O) groups is 2. The summed E-state index contributed by atoms with van der Waals surface area (Å²) < 4.78 is 11.2. The number of nitrogens with zero attached hydrogens (tertiary/aromatic N) is 4. The molecule has 282 valence electrons. The zero-order valence-corrected chi connectivity index (χ0v) is 33.1. The zero-order valence-electron chi connectivity index (χ0n) is 29.0. The van der Waals surface area contributed by atoms with Crippen molar-refractivity contribution in [2.75, 3.05) is 25.5 Å². The molecule has 17 heteroatoms. The molecular formula is C36H41Cl3N8O4S2. The number of amides is 1. The van der Waals surface area contributed by atoms with Gasteiger partial charge in [-0.1, -0.05) is 67.9 Å². The van der Waals surface area contributed by atoms with Gasteiger partial charge in [0.1, 0.15) is 58.6 Å². The number of benzene rings is 2. The first-order valence-electron chi connectivity index (χ1n) is 16.2. The van der Waals surface area contributed by atoms with Crippen LogP contribution in [0.3, 0.4) is 0 Å². The summed E-state index contributed by atoms with van der Waals surface area (Å²) in [4.78, 5) is 34.4. The van der Waals surface area contributed by atoms with Crippen LogP contribution in [0.5, 0.6) is 5.75 Å². The first-order chi connectivity index (χ1) is 24.6. The van der Waals surface area contributed by atoms with Gasteiger partial charge in [0.25, 0.3) is 0 Å². The lowest BCUT2D eigenvalue weighted by molar-refractivity contribution is -0.150.